The van der Waals surface area contributed by atoms with Gasteiger partial charge in [-0.25, -0.2) is 12.8 Å². The lowest BCUT2D eigenvalue weighted by molar-refractivity contribution is -0.121. The first-order valence-electron chi connectivity index (χ1n) is 10.1. The van der Waals surface area contributed by atoms with Crippen LogP contribution >= 0.6 is 0 Å². The minimum atomic E-state index is -3.96. The summed E-state index contributed by atoms with van der Waals surface area (Å²) in [6.07, 6.45) is 0. The fourth-order valence-corrected chi connectivity index (χ4v) is 4.57. The molecule has 0 bridgehead atoms. The van der Waals surface area contributed by atoms with Gasteiger partial charge in [-0.3, -0.25) is 4.79 Å². The van der Waals surface area contributed by atoms with Gasteiger partial charge in [0.15, 0.2) is 11.5 Å². The Hall–Kier alpha value is -3.43. The monoisotopic (exact) mass is 472 g/mol. The van der Waals surface area contributed by atoms with Crippen LogP contribution in [0.3, 0.4) is 0 Å². The number of hydrogen-bond acceptors (Lipinski definition) is 5. The van der Waals surface area contributed by atoms with Crippen LogP contribution in [0.4, 0.5) is 4.39 Å². The number of ether oxygens (including phenoxy) is 2. The Morgan fingerprint density at radius 2 is 1.55 bits per heavy atom. The molecule has 0 aliphatic rings. The molecule has 3 aromatic rings. The highest BCUT2D eigenvalue weighted by Gasteiger charge is 2.26. The smallest absolute Gasteiger partial charge is 0.243 e. The van der Waals surface area contributed by atoms with Gasteiger partial charge in [0.25, 0.3) is 0 Å². The van der Waals surface area contributed by atoms with E-state index in [1.165, 1.54) is 50.6 Å². The van der Waals surface area contributed by atoms with Gasteiger partial charge in [-0.2, -0.15) is 4.31 Å². The standard InChI is InChI=1S/C24H25FN2O5S/c1-31-22-13-10-19(14-23(22)32-2)15-26-24(28)17-27(16-18-8-11-20(25)12-9-18)33(29,30)21-6-4-3-5-7-21/h3-14H,15-17H2,1-2H3,(H,26,28). The zero-order valence-electron chi connectivity index (χ0n) is 18.3. The number of methoxy groups -OCH3 is 2. The van der Waals surface area contributed by atoms with Crippen LogP contribution in [0.2, 0.25) is 0 Å². The Balaban J connectivity index is 1.76. The number of nitrogens with zero attached hydrogens (tertiary/aromatic N) is 1. The van der Waals surface area contributed by atoms with Gasteiger partial charge in [0.2, 0.25) is 15.9 Å². The Kier molecular flexibility index (Phi) is 8.02. The van der Waals surface area contributed by atoms with Crippen LogP contribution in [0, 0.1) is 5.82 Å². The first-order chi connectivity index (χ1) is 15.8. The summed E-state index contributed by atoms with van der Waals surface area (Å²) in [5.74, 6) is 0.177. The molecule has 33 heavy (non-hydrogen) atoms. The lowest BCUT2D eigenvalue weighted by Crippen LogP contribution is -2.40. The molecule has 9 heteroatoms. The van der Waals surface area contributed by atoms with Crippen LogP contribution in [0.25, 0.3) is 0 Å². The van der Waals surface area contributed by atoms with Crippen molar-refractivity contribution in [3.63, 3.8) is 0 Å². The van der Waals surface area contributed by atoms with Crippen molar-refractivity contribution in [2.75, 3.05) is 20.8 Å². The van der Waals surface area contributed by atoms with Crippen molar-refractivity contribution >= 4 is 15.9 Å². The van der Waals surface area contributed by atoms with Gasteiger partial charge >= 0.3 is 0 Å². The zero-order valence-corrected chi connectivity index (χ0v) is 19.1. The fraction of sp³-hybridized carbons (Fsp3) is 0.208. The van der Waals surface area contributed by atoms with Crippen LogP contribution in [0.1, 0.15) is 11.1 Å². The molecule has 0 spiro atoms. The van der Waals surface area contributed by atoms with Crippen LogP contribution < -0.4 is 14.8 Å². The van der Waals surface area contributed by atoms with E-state index in [1.807, 2.05) is 0 Å². The Morgan fingerprint density at radius 3 is 2.18 bits per heavy atom. The van der Waals surface area contributed by atoms with Crippen molar-refractivity contribution < 1.29 is 27.1 Å². The van der Waals surface area contributed by atoms with Crippen molar-refractivity contribution in [1.29, 1.82) is 0 Å². The van der Waals surface area contributed by atoms with Gasteiger partial charge in [-0.05, 0) is 47.5 Å². The molecule has 0 saturated heterocycles. The number of amides is 1. The summed E-state index contributed by atoms with van der Waals surface area (Å²) in [6, 6.07) is 18.6. The van der Waals surface area contributed by atoms with Crippen LogP contribution in [0.5, 0.6) is 11.5 Å². The third-order valence-corrected chi connectivity index (χ3v) is 6.72. The first-order valence-corrected chi connectivity index (χ1v) is 11.5. The number of carbonyl (C=O) groups excluding carboxylic acids is 1. The lowest BCUT2D eigenvalue weighted by atomic mass is 10.2. The van der Waals surface area contributed by atoms with Crippen LogP contribution in [-0.4, -0.2) is 39.4 Å². The molecule has 0 radical (unpaired) electrons. The summed E-state index contributed by atoms with van der Waals surface area (Å²) in [4.78, 5) is 12.8. The van der Waals surface area contributed by atoms with Crippen molar-refractivity contribution in [2.24, 2.45) is 0 Å². The Labute approximate surface area is 192 Å². The number of nitrogens with one attached hydrogen (secondary N) is 1. The first kappa shape index (κ1) is 24.2. The Morgan fingerprint density at radius 1 is 0.909 bits per heavy atom. The predicted molar refractivity (Wildman–Crippen MR) is 122 cm³/mol. The molecule has 0 unspecified atom stereocenters. The maximum Gasteiger partial charge on any atom is 0.243 e. The van der Waals surface area contributed by atoms with E-state index in [0.29, 0.717) is 17.1 Å². The highest BCUT2D eigenvalue weighted by molar-refractivity contribution is 7.89. The molecule has 3 rings (SSSR count). The van der Waals surface area contributed by atoms with Gasteiger partial charge in [0, 0.05) is 13.1 Å². The van der Waals surface area contributed by atoms with E-state index in [2.05, 4.69) is 5.32 Å². The van der Waals surface area contributed by atoms with Gasteiger partial charge < -0.3 is 14.8 Å². The van der Waals surface area contributed by atoms with E-state index in [0.717, 1.165) is 9.87 Å². The van der Waals surface area contributed by atoms with E-state index in [-0.39, 0.29) is 18.0 Å². The molecular weight excluding hydrogens is 447 g/mol. The summed E-state index contributed by atoms with van der Waals surface area (Å²) in [6.45, 7) is -0.307. The van der Waals surface area contributed by atoms with Crippen molar-refractivity contribution in [3.8, 4) is 11.5 Å². The zero-order chi connectivity index (χ0) is 23.8. The minimum Gasteiger partial charge on any atom is -0.493 e. The molecule has 3 aromatic carbocycles. The minimum absolute atomic E-state index is 0.0693. The number of sulfonamides is 1. The highest BCUT2D eigenvalue weighted by atomic mass is 32.2. The van der Waals surface area contributed by atoms with Gasteiger partial charge in [0.1, 0.15) is 5.82 Å². The molecule has 0 atom stereocenters. The number of carbonyl (C=O) groups is 1. The van der Waals surface area contributed by atoms with Crippen LogP contribution in [-0.2, 0) is 27.9 Å². The molecule has 0 aliphatic heterocycles. The summed E-state index contributed by atoms with van der Waals surface area (Å²) in [5.41, 5.74) is 1.32. The van der Waals surface area contributed by atoms with Gasteiger partial charge in [-0.1, -0.05) is 36.4 Å². The lowest BCUT2D eigenvalue weighted by Gasteiger charge is -2.22. The predicted octanol–water partition coefficient (Wildman–Crippen LogP) is 3.35. The summed E-state index contributed by atoms with van der Waals surface area (Å²) in [5, 5.41) is 2.74. The molecule has 0 aromatic heterocycles. The average Bonchev–Trinajstić information content (AvgIpc) is 2.84. The third kappa shape index (κ3) is 6.30. The highest BCUT2D eigenvalue weighted by Crippen LogP contribution is 2.27. The normalized spacial score (nSPS) is 11.3. The SMILES string of the molecule is COc1ccc(CNC(=O)CN(Cc2ccc(F)cc2)S(=O)(=O)c2ccccc2)cc1OC. The summed E-state index contributed by atoms with van der Waals surface area (Å²) < 4.78 is 51.2. The molecule has 0 heterocycles. The van der Waals surface area contributed by atoms with E-state index in [9.17, 15) is 17.6 Å². The number of hydrogen-bond donors (Lipinski definition) is 1. The topological polar surface area (TPSA) is 84.9 Å². The molecular formula is C24H25FN2O5S. The summed E-state index contributed by atoms with van der Waals surface area (Å²) >= 11 is 0. The molecule has 7 nitrogen and oxygen atoms in total. The summed E-state index contributed by atoms with van der Waals surface area (Å²) in [7, 11) is -0.919. The van der Waals surface area contributed by atoms with E-state index < -0.39 is 28.3 Å². The quantitative estimate of drug-likeness (QED) is 0.489. The molecule has 0 saturated carbocycles. The largest absolute Gasteiger partial charge is 0.493 e. The second kappa shape index (κ2) is 10.9. The molecule has 1 amide bonds. The van der Waals surface area contributed by atoms with E-state index in [1.54, 1.807) is 36.4 Å². The van der Waals surface area contributed by atoms with Crippen molar-refractivity contribution in [3.05, 3.63) is 89.7 Å². The van der Waals surface area contributed by atoms with E-state index in [4.69, 9.17) is 9.47 Å². The fourth-order valence-electron chi connectivity index (χ4n) is 3.17. The third-order valence-electron chi connectivity index (χ3n) is 4.91. The molecule has 1 N–H and O–H groups in total. The second-order valence-corrected chi connectivity index (χ2v) is 9.12. The number of rotatable bonds is 10. The van der Waals surface area contributed by atoms with E-state index >= 15 is 0 Å². The molecule has 174 valence electrons. The number of halogens is 1. The molecule has 0 aliphatic carbocycles. The van der Waals surface area contributed by atoms with Crippen molar-refractivity contribution in [2.45, 2.75) is 18.0 Å². The van der Waals surface area contributed by atoms with Crippen molar-refractivity contribution in [1.82, 2.24) is 9.62 Å². The van der Waals surface area contributed by atoms with Gasteiger partial charge in [-0.15, -0.1) is 0 Å². The number of benzene rings is 3. The molecule has 0 fully saturated rings. The maximum absolute atomic E-state index is 13.3. The van der Waals surface area contributed by atoms with Gasteiger partial charge in [0.05, 0.1) is 25.7 Å². The Bertz CT molecular complexity index is 1190. The maximum atomic E-state index is 13.3. The second-order valence-electron chi connectivity index (χ2n) is 7.18. The average molecular weight is 473 g/mol. The van der Waals surface area contributed by atoms with Crippen LogP contribution in [0.15, 0.2) is 77.7 Å².